The first-order chi connectivity index (χ1) is 20.6. The monoisotopic (exact) mass is 640 g/mol. The van der Waals surface area contributed by atoms with Crippen LogP contribution in [0, 0.1) is 5.41 Å². The molecule has 0 saturated carbocycles. The van der Waals surface area contributed by atoms with E-state index in [4.69, 9.17) is 34.3 Å². The van der Waals surface area contributed by atoms with E-state index in [0.717, 1.165) is 5.56 Å². The van der Waals surface area contributed by atoms with Gasteiger partial charge in [0.05, 0.1) is 22.6 Å². The second-order valence-corrected chi connectivity index (χ2v) is 12.3. The first kappa shape index (κ1) is 30.7. The van der Waals surface area contributed by atoms with Crippen molar-refractivity contribution in [3.63, 3.8) is 0 Å². The lowest BCUT2D eigenvalue weighted by Crippen LogP contribution is -2.62. The lowest BCUT2D eigenvalue weighted by molar-refractivity contribution is -0.157. The minimum atomic E-state index is -0.964. The van der Waals surface area contributed by atoms with E-state index in [9.17, 15) is 19.2 Å². The fourth-order valence-electron chi connectivity index (χ4n) is 5.62. The number of fused-ring (bicyclic) bond motifs is 1. The van der Waals surface area contributed by atoms with Gasteiger partial charge in [-0.2, -0.15) is 0 Å². The number of amides is 3. The minimum Gasteiger partial charge on any atom is -0.384 e. The number of hydrogen-bond donors (Lipinski definition) is 3. The number of halogens is 2. The Kier molecular flexibility index (Phi) is 9.43. The van der Waals surface area contributed by atoms with Gasteiger partial charge >= 0.3 is 0 Å². The highest BCUT2D eigenvalue weighted by Crippen LogP contribution is 2.30. The van der Waals surface area contributed by atoms with E-state index >= 15 is 0 Å². The van der Waals surface area contributed by atoms with Gasteiger partial charge in [0.2, 0.25) is 23.5 Å². The van der Waals surface area contributed by atoms with Crippen LogP contribution in [-0.4, -0.2) is 75.3 Å². The van der Waals surface area contributed by atoms with Crippen LogP contribution in [0.25, 0.3) is 0 Å². The number of nitrogens with two attached hydrogens (primary N) is 1. The first-order valence-electron chi connectivity index (χ1n) is 13.8. The third-order valence-corrected chi connectivity index (χ3v) is 9.26. The van der Waals surface area contributed by atoms with Crippen molar-refractivity contribution in [2.75, 3.05) is 13.1 Å². The van der Waals surface area contributed by atoms with E-state index < -0.39 is 24.0 Å². The van der Waals surface area contributed by atoms with Crippen LogP contribution in [0.4, 0.5) is 0 Å². The molecule has 3 heterocycles. The van der Waals surface area contributed by atoms with Crippen molar-refractivity contribution in [3.8, 4) is 0 Å². The van der Waals surface area contributed by atoms with E-state index in [-0.39, 0.29) is 41.4 Å². The molecule has 3 amide bonds. The first-order valence-corrected chi connectivity index (χ1v) is 15.5. The van der Waals surface area contributed by atoms with Crippen LogP contribution in [0.1, 0.15) is 45.8 Å². The number of amidine groups is 1. The molecule has 0 unspecified atom stereocenters. The highest BCUT2D eigenvalue weighted by Gasteiger charge is 2.49. The Balaban J connectivity index is 1.25. The van der Waals surface area contributed by atoms with Crippen LogP contribution >= 0.6 is 34.5 Å². The van der Waals surface area contributed by atoms with Gasteiger partial charge < -0.3 is 20.9 Å². The second-order valence-electron chi connectivity index (χ2n) is 10.6. The van der Waals surface area contributed by atoms with Crippen LogP contribution in [-0.2, 0) is 27.2 Å². The number of ketones is 1. The van der Waals surface area contributed by atoms with Crippen molar-refractivity contribution in [1.29, 1.82) is 5.41 Å². The number of piperazine rings is 1. The average Bonchev–Trinajstić information content (AvgIpc) is 3.68. The zero-order valence-electron chi connectivity index (χ0n) is 23.1. The molecule has 4 N–H and O–H groups in total. The van der Waals surface area contributed by atoms with Gasteiger partial charge in [-0.1, -0.05) is 47.5 Å². The summed E-state index contributed by atoms with van der Waals surface area (Å²) in [6.07, 6.45) is 3.63. The number of rotatable bonds is 11. The molecular weight excluding hydrogens is 611 g/mol. The molecule has 224 valence electrons. The van der Waals surface area contributed by atoms with Gasteiger partial charge in [-0.3, -0.25) is 24.6 Å². The third-order valence-electron chi connectivity index (χ3n) is 7.73. The number of aryl methyl sites for hydroxylation is 1. The van der Waals surface area contributed by atoms with Crippen molar-refractivity contribution in [2.45, 2.75) is 50.2 Å². The summed E-state index contributed by atoms with van der Waals surface area (Å²) in [7, 11) is 0. The number of aromatic nitrogens is 1. The summed E-state index contributed by atoms with van der Waals surface area (Å²) >= 11 is 13.3. The van der Waals surface area contributed by atoms with Crippen LogP contribution in [0.3, 0.4) is 0 Å². The maximum atomic E-state index is 13.6. The molecule has 1 aromatic heterocycles. The minimum absolute atomic E-state index is 0.109. The van der Waals surface area contributed by atoms with Crippen LogP contribution in [0.5, 0.6) is 0 Å². The molecule has 2 aliphatic rings. The molecule has 2 aromatic carbocycles. The quantitative estimate of drug-likeness (QED) is 0.166. The topological polar surface area (TPSA) is 150 Å². The number of benzene rings is 2. The fourth-order valence-corrected chi connectivity index (χ4v) is 6.57. The van der Waals surface area contributed by atoms with Crippen LogP contribution in [0.15, 0.2) is 54.0 Å². The second kappa shape index (κ2) is 13.2. The predicted octanol–water partition coefficient (Wildman–Crippen LogP) is 3.48. The van der Waals surface area contributed by atoms with Crippen LogP contribution < -0.4 is 11.1 Å². The number of nitrogens with zero attached hydrogens (tertiary/aromatic N) is 3. The molecule has 0 radical (unpaired) electrons. The number of thiazole rings is 1. The number of Topliss-reactive ketones (excluding diaryl/α,β-unsaturated/α-hetero) is 1. The Labute approximate surface area is 262 Å². The summed E-state index contributed by atoms with van der Waals surface area (Å²) in [5.41, 5.74) is 7.82. The fraction of sp³-hybridized carbons (Fsp3) is 0.333. The van der Waals surface area contributed by atoms with Crippen molar-refractivity contribution in [3.05, 3.63) is 85.8 Å². The normalized spacial score (nSPS) is 18.8. The molecule has 43 heavy (non-hydrogen) atoms. The number of nitrogens with one attached hydrogen (secondary N) is 2. The summed E-state index contributed by atoms with van der Waals surface area (Å²) < 4.78 is 0. The van der Waals surface area contributed by atoms with Gasteiger partial charge in [-0.05, 0) is 55.0 Å². The maximum absolute atomic E-state index is 13.6. The zero-order chi connectivity index (χ0) is 30.7. The third kappa shape index (κ3) is 6.90. The molecular formula is C30H30Cl2N6O4S. The van der Waals surface area contributed by atoms with Gasteiger partial charge in [0, 0.05) is 30.1 Å². The van der Waals surface area contributed by atoms with E-state index in [1.165, 1.54) is 22.4 Å². The highest BCUT2D eigenvalue weighted by atomic mass is 35.5. The predicted molar refractivity (Wildman–Crippen MR) is 165 cm³/mol. The lowest BCUT2D eigenvalue weighted by atomic mass is 9.99. The van der Waals surface area contributed by atoms with Gasteiger partial charge in [-0.15, -0.1) is 11.3 Å². The Hall–Kier alpha value is -3.80. The van der Waals surface area contributed by atoms with E-state index in [2.05, 4.69) is 10.3 Å². The molecule has 0 bridgehead atoms. The zero-order valence-corrected chi connectivity index (χ0v) is 25.4. The van der Waals surface area contributed by atoms with Gasteiger partial charge in [0.15, 0.2) is 5.01 Å². The molecule has 0 spiro atoms. The Bertz CT molecular complexity index is 1570. The number of carbonyl (C=O) groups is 4. The summed E-state index contributed by atoms with van der Waals surface area (Å²) in [6.45, 7) is 0.287. The van der Waals surface area contributed by atoms with Gasteiger partial charge in [0.1, 0.15) is 17.9 Å². The summed E-state index contributed by atoms with van der Waals surface area (Å²) in [5, 5.41) is 13.4. The average molecular weight is 642 g/mol. The van der Waals surface area contributed by atoms with Crippen molar-refractivity contribution >= 4 is 63.9 Å². The number of hydrogen-bond acceptors (Lipinski definition) is 7. The molecule has 5 rings (SSSR count). The van der Waals surface area contributed by atoms with E-state index in [1.54, 1.807) is 46.7 Å². The Morgan fingerprint density at radius 3 is 2.65 bits per heavy atom. The van der Waals surface area contributed by atoms with E-state index in [1.807, 2.05) is 6.07 Å². The Morgan fingerprint density at radius 2 is 1.93 bits per heavy atom. The van der Waals surface area contributed by atoms with Crippen LogP contribution in [0.2, 0.25) is 10.0 Å². The highest BCUT2D eigenvalue weighted by molar-refractivity contribution is 7.11. The molecule has 2 aliphatic heterocycles. The largest absolute Gasteiger partial charge is 0.384 e. The summed E-state index contributed by atoms with van der Waals surface area (Å²) in [4.78, 5) is 60.6. The summed E-state index contributed by atoms with van der Waals surface area (Å²) in [6, 6.07) is 9.76. The molecule has 3 aromatic rings. The molecule has 10 nitrogen and oxygen atoms in total. The molecule has 3 atom stereocenters. The molecule has 0 aliphatic carbocycles. The SMILES string of the molecule is N=C(N)c1cccc(C[C@H](NC(=O)[C@@H]2CC[C@H]3C(=O)N(CCCc4ccc(Cl)c(Cl)c4)CC(=O)N23)C(=O)c2nccs2)c1. The summed E-state index contributed by atoms with van der Waals surface area (Å²) in [5.74, 6) is -1.44. The Morgan fingerprint density at radius 1 is 1.12 bits per heavy atom. The van der Waals surface area contributed by atoms with Crippen molar-refractivity contribution in [1.82, 2.24) is 20.1 Å². The standard InChI is InChI=1S/C30H30Cl2N6O4S/c31-20-7-6-17(14-21(20)32)4-2-11-37-16-25(39)38-23(8-9-24(38)30(37)42)28(41)36-22(26(40)29-35-10-12-43-29)15-18-3-1-5-19(13-18)27(33)34/h1,3,5-7,10,12-14,22-24H,2,4,8-9,11,15-16H2,(H3,33,34)(H,36,41)/t22-,23-,24-/m0/s1. The van der Waals surface area contributed by atoms with Crippen molar-refractivity contribution < 1.29 is 19.2 Å². The molecule has 2 fully saturated rings. The van der Waals surface area contributed by atoms with Crippen molar-refractivity contribution in [2.24, 2.45) is 5.73 Å². The molecule has 2 saturated heterocycles. The molecule has 13 heteroatoms. The maximum Gasteiger partial charge on any atom is 0.245 e. The lowest BCUT2D eigenvalue weighted by Gasteiger charge is -2.38. The number of nitrogen functional groups attached to an aromatic ring is 1. The number of carbonyl (C=O) groups excluding carboxylic acids is 4. The van der Waals surface area contributed by atoms with Gasteiger partial charge in [-0.25, -0.2) is 4.98 Å². The van der Waals surface area contributed by atoms with Gasteiger partial charge in [0.25, 0.3) is 0 Å². The smallest absolute Gasteiger partial charge is 0.245 e. The van der Waals surface area contributed by atoms with E-state index in [0.29, 0.717) is 53.4 Å².